The van der Waals surface area contributed by atoms with E-state index in [1.54, 1.807) is 24.3 Å². The van der Waals surface area contributed by atoms with Crippen LogP contribution >= 0.6 is 0 Å². The monoisotopic (exact) mass is 329 g/mol. The Labute approximate surface area is 137 Å². The second kappa shape index (κ2) is 7.97. The van der Waals surface area contributed by atoms with E-state index < -0.39 is 23.4 Å². The fraction of sp³-hybridized carbons (Fsp3) is 0.167. The van der Waals surface area contributed by atoms with Crippen LogP contribution in [0, 0.1) is 23.0 Å². The molecular weight excluding hydrogens is 316 g/mol. The van der Waals surface area contributed by atoms with Crippen LogP contribution in [-0.2, 0) is 16.1 Å². The van der Waals surface area contributed by atoms with Gasteiger partial charge in [0.15, 0.2) is 5.78 Å². The smallest absolute Gasteiger partial charge is 0.306 e. The van der Waals surface area contributed by atoms with Crippen LogP contribution in [0.5, 0.6) is 0 Å². The summed E-state index contributed by atoms with van der Waals surface area (Å²) < 4.78 is 31.3. The molecule has 0 aliphatic carbocycles. The molecule has 0 amide bonds. The lowest BCUT2D eigenvalue weighted by molar-refractivity contribution is -0.144. The highest BCUT2D eigenvalue weighted by Gasteiger charge is 2.14. The van der Waals surface area contributed by atoms with Crippen molar-refractivity contribution in [3.05, 3.63) is 70.8 Å². The van der Waals surface area contributed by atoms with Gasteiger partial charge in [0.05, 0.1) is 23.6 Å². The molecule has 0 N–H and O–H groups in total. The van der Waals surface area contributed by atoms with Crippen molar-refractivity contribution in [2.45, 2.75) is 19.4 Å². The Morgan fingerprint density at radius 3 is 2.38 bits per heavy atom. The number of nitriles is 1. The Morgan fingerprint density at radius 1 is 1.04 bits per heavy atom. The molecule has 122 valence electrons. The number of carbonyl (C=O) groups is 2. The summed E-state index contributed by atoms with van der Waals surface area (Å²) in [6.45, 7) is 0.0175. The van der Waals surface area contributed by atoms with E-state index >= 15 is 0 Å². The summed E-state index contributed by atoms with van der Waals surface area (Å²) in [5, 5.41) is 8.68. The van der Waals surface area contributed by atoms with Crippen LogP contribution in [0.4, 0.5) is 8.78 Å². The second-order valence-corrected chi connectivity index (χ2v) is 5.02. The molecule has 0 spiro atoms. The van der Waals surface area contributed by atoms with Crippen molar-refractivity contribution < 1.29 is 23.1 Å². The standard InChI is InChI=1S/C18H13F2NO3/c19-14-5-6-15(16(20)9-14)17(22)7-8-18(23)24-11-13-3-1-12(10-21)2-4-13/h1-6,9H,7-8,11H2. The van der Waals surface area contributed by atoms with Crippen LogP contribution < -0.4 is 0 Å². The Balaban J connectivity index is 1.82. The van der Waals surface area contributed by atoms with E-state index in [9.17, 15) is 18.4 Å². The molecule has 0 saturated heterocycles. The highest BCUT2D eigenvalue weighted by molar-refractivity contribution is 5.97. The third-order valence-electron chi connectivity index (χ3n) is 3.27. The number of ketones is 1. The SMILES string of the molecule is N#Cc1ccc(COC(=O)CCC(=O)c2ccc(F)cc2F)cc1. The Morgan fingerprint density at radius 2 is 1.75 bits per heavy atom. The van der Waals surface area contributed by atoms with Crippen LogP contribution in [0.1, 0.15) is 34.3 Å². The molecule has 0 radical (unpaired) electrons. The first kappa shape index (κ1) is 17.3. The number of rotatable bonds is 6. The van der Waals surface area contributed by atoms with E-state index in [4.69, 9.17) is 10.00 Å². The van der Waals surface area contributed by atoms with Crippen molar-refractivity contribution >= 4 is 11.8 Å². The lowest BCUT2D eigenvalue weighted by atomic mass is 10.1. The number of hydrogen-bond donors (Lipinski definition) is 0. The van der Waals surface area contributed by atoms with Crippen molar-refractivity contribution in [1.82, 2.24) is 0 Å². The van der Waals surface area contributed by atoms with Crippen molar-refractivity contribution in [2.24, 2.45) is 0 Å². The number of halogens is 2. The summed E-state index contributed by atoms with van der Waals surface area (Å²) in [5.41, 5.74) is 0.951. The molecule has 0 aliphatic rings. The number of benzene rings is 2. The maximum Gasteiger partial charge on any atom is 0.306 e. The van der Waals surface area contributed by atoms with E-state index in [-0.39, 0.29) is 25.0 Å². The number of nitrogens with zero attached hydrogens (tertiary/aromatic N) is 1. The van der Waals surface area contributed by atoms with Gasteiger partial charge in [-0.05, 0) is 29.8 Å². The highest BCUT2D eigenvalue weighted by atomic mass is 19.1. The van der Waals surface area contributed by atoms with E-state index in [1.807, 2.05) is 6.07 Å². The van der Waals surface area contributed by atoms with Gasteiger partial charge in [-0.25, -0.2) is 8.78 Å². The van der Waals surface area contributed by atoms with Crippen molar-refractivity contribution in [2.75, 3.05) is 0 Å². The fourth-order valence-corrected chi connectivity index (χ4v) is 1.98. The lowest BCUT2D eigenvalue weighted by Gasteiger charge is -2.05. The third kappa shape index (κ3) is 4.71. The van der Waals surface area contributed by atoms with Gasteiger partial charge in [-0.3, -0.25) is 9.59 Å². The van der Waals surface area contributed by atoms with E-state index in [1.165, 1.54) is 0 Å². The van der Waals surface area contributed by atoms with Gasteiger partial charge in [0.25, 0.3) is 0 Å². The first-order chi connectivity index (χ1) is 11.5. The summed E-state index contributed by atoms with van der Waals surface area (Å²) in [4.78, 5) is 23.5. The molecule has 6 heteroatoms. The minimum atomic E-state index is -0.953. The fourth-order valence-electron chi connectivity index (χ4n) is 1.98. The zero-order valence-corrected chi connectivity index (χ0v) is 12.6. The van der Waals surface area contributed by atoms with Gasteiger partial charge < -0.3 is 4.74 Å². The maximum absolute atomic E-state index is 13.5. The van der Waals surface area contributed by atoms with Crippen LogP contribution in [0.2, 0.25) is 0 Å². The number of hydrogen-bond acceptors (Lipinski definition) is 4. The molecule has 2 aromatic carbocycles. The Bertz CT molecular complexity index is 795. The molecule has 0 bridgehead atoms. The van der Waals surface area contributed by atoms with Crippen LogP contribution in [0.25, 0.3) is 0 Å². The van der Waals surface area contributed by atoms with Gasteiger partial charge in [0.2, 0.25) is 0 Å². The summed E-state index contributed by atoms with van der Waals surface area (Å²) >= 11 is 0. The molecular formula is C18H13F2NO3. The second-order valence-electron chi connectivity index (χ2n) is 5.02. The summed E-state index contributed by atoms with van der Waals surface area (Å²) in [6, 6.07) is 11.2. The van der Waals surface area contributed by atoms with Crippen molar-refractivity contribution in [3.63, 3.8) is 0 Å². The highest BCUT2D eigenvalue weighted by Crippen LogP contribution is 2.13. The predicted octanol–water partition coefficient (Wildman–Crippen LogP) is 3.54. The minimum Gasteiger partial charge on any atom is -0.461 e. The Hall–Kier alpha value is -3.07. The summed E-state index contributed by atoms with van der Waals surface area (Å²) in [6.07, 6.45) is -0.430. The first-order valence-electron chi connectivity index (χ1n) is 7.12. The normalized spacial score (nSPS) is 10.0. The predicted molar refractivity (Wildman–Crippen MR) is 80.9 cm³/mol. The van der Waals surface area contributed by atoms with Crippen LogP contribution in [0.15, 0.2) is 42.5 Å². The van der Waals surface area contributed by atoms with Gasteiger partial charge in [0, 0.05) is 12.5 Å². The van der Waals surface area contributed by atoms with Gasteiger partial charge >= 0.3 is 5.97 Å². The molecule has 2 aromatic rings. The molecule has 0 heterocycles. The zero-order valence-electron chi connectivity index (χ0n) is 12.6. The number of carbonyl (C=O) groups excluding carboxylic acids is 2. The molecule has 0 atom stereocenters. The third-order valence-corrected chi connectivity index (χ3v) is 3.27. The lowest BCUT2D eigenvalue weighted by Crippen LogP contribution is -2.09. The number of esters is 1. The van der Waals surface area contributed by atoms with Crippen molar-refractivity contribution in [3.8, 4) is 6.07 Å². The van der Waals surface area contributed by atoms with Gasteiger partial charge in [0.1, 0.15) is 18.2 Å². The van der Waals surface area contributed by atoms with Crippen LogP contribution in [-0.4, -0.2) is 11.8 Å². The summed E-state index contributed by atoms with van der Waals surface area (Å²) in [5.74, 6) is -2.92. The molecule has 0 fully saturated rings. The zero-order chi connectivity index (χ0) is 17.5. The first-order valence-corrected chi connectivity index (χ1v) is 7.12. The molecule has 2 rings (SSSR count). The molecule has 4 nitrogen and oxygen atoms in total. The minimum absolute atomic E-state index is 0.0175. The van der Waals surface area contributed by atoms with Crippen molar-refractivity contribution in [1.29, 1.82) is 5.26 Å². The van der Waals surface area contributed by atoms with Gasteiger partial charge in [-0.2, -0.15) is 5.26 Å². The topological polar surface area (TPSA) is 67.2 Å². The molecule has 0 unspecified atom stereocenters. The van der Waals surface area contributed by atoms with E-state index in [0.717, 1.165) is 12.1 Å². The average molecular weight is 329 g/mol. The average Bonchev–Trinajstić information content (AvgIpc) is 2.58. The molecule has 0 aromatic heterocycles. The van der Waals surface area contributed by atoms with Gasteiger partial charge in [-0.1, -0.05) is 12.1 Å². The maximum atomic E-state index is 13.5. The summed E-state index contributed by atoms with van der Waals surface area (Å²) in [7, 11) is 0. The molecule has 0 aliphatic heterocycles. The molecule has 0 saturated carbocycles. The van der Waals surface area contributed by atoms with Crippen LogP contribution in [0.3, 0.4) is 0 Å². The molecule has 24 heavy (non-hydrogen) atoms. The number of Topliss-reactive ketones (excluding diaryl/α,β-unsaturated/α-hetero) is 1. The van der Waals surface area contributed by atoms with E-state index in [0.29, 0.717) is 17.2 Å². The number of ether oxygens (including phenoxy) is 1. The van der Waals surface area contributed by atoms with E-state index in [2.05, 4.69) is 0 Å². The quantitative estimate of drug-likeness (QED) is 0.600. The van der Waals surface area contributed by atoms with Gasteiger partial charge in [-0.15, -0.1) is 0 Å². The largest absolute Gasteiger partial charge is 0.461 e. The Kier molecular flexibility index (Phi) is 5.74.